The summed E-state index contributed by atoms with van der Waals surface area (Å²) in [6.07, 6.45) is -0.0795. The van der Waals surface area contributed by atoms with Crippen LogP contribution < -0.4 is 15.5 Å². The second kappa shape index (κ2) is 6.90. The van der Waals surface area contributed by atoms with Crippen molar-refractivity contribution in [1.29, 1.82) is 0 Å². The highest BCUT2D eigenvalue weighted by Crippen LogP contribution is 2.54. The van der Waals surface area contributed by atoms with Crippen LogP contribution in [0.15, 0.2) is 48.5 Å². The third kappa shape index (κ3) is 2.72. The normalized spacial score (nSPS) is 28.7. The molecule has 5 rings (SSSR count). The van der Waals surface area contributed by atoms with Gasteiger partial charge in [-0.2, -0.15) is 0 Å². The molecule has 4 atom stereocenters. The fourth-order valence-electron chi connectivity index (χ4n) is 5.13. The van der Waals surface area contributed by atoms with E-state index in [4.69, 9.17) is 11.6 Å². The first-order chi connectivity index (χ1) is 14.8. The number of fused-ring (bicyclic) bond motifs is 4. The molecule has 0 aromatic heterocycles. The summed E-state index contributed by atoms with van der Waals surface area (Å²) in [5, 5.41) is 15.7. The van der Waals surface area contributed by atoms with Crippen molar-refractivity contribution in [3.8, 4) is 0 Å². The number of imide groups is 1. The Kier molecular flexibility index (Phi) is 4.39. The van der Waals surface area contributed by atoms with E-state index in [-0.39, 0.29) is 12.8 Å². The zero-order valence-electron chi connectivity index (χ0n) is 16.2. The first-order valence-electron chi connectivity index (χ1n) is 9.88. The molecule has 9 heteroatoms. The second-order valence-corrected chi connectivity index (χ2v) is 8.42. The number of carbonyl (C=O) groups is 4. The van der Waals surface area contributed by atoms with Crippen LogP contribution in [-0.4, -0.2) is 34.8 Å². The first-order valence-corrected chi connectivity index (χ1v) is 10.3. The van der Waals surface area contributed by atoms with Gasteiger partial charge in [0, 0.05) is 28.7 Å². The van der Waals surface area contributed by atoms with Crippen molar-refractivity contribution in [3.63, 3.8) is 0 Å². The van der Waals surface area contributed by atoms with Gasteiger partial charge in [-0.3, -0.25) is 24.5 Å². The molecule has 0 aliphatic carbocycles. The maximum atomic E-state index is 13.6. The van der Waals surface area contributed by atoms with Gasteiger partial charge in [-0.15, -0.1) is 0 Å². The van der Waals surface area contributed by atoms with E-state index in [0.717, 1.165) is 4.90 Å². The quantitative estimate of drug-likeness (QED) is 0.628. The van der Waals surface area contributed by atoms with Crippen LogP contribution in [0.5, 0.6) is 0 Å². The lowest BCUT2D eigenvalue weighted by molar-refractivity contribution is -0.137. The summed E-state index contributed by atoms with van der Waals surface area (Å²) in [7, 11) is 0. The number of hydrogen-bond donors (Lipinski definition) is 3. The Hall–Kier alpha value is -3.23. The number of hydrogen-bond acceptors (Lipinski definition) is 5. The third-order valence-corrected chi connectivity index (χ3v) is 6.63. The SMILES string of the molecule is O=C(O)CCC1NC2(C(=O)Nc3ccccc32)C2C(=O)N(c3ccc(Cl)cc3)C(=O)C12. The molecule has 4 unspecified atom stereocenters. The number of aliphatic carboxylic acids is 1. The van der Waals surface area contributed by atoms with Crippen LogP contribution in [0, 0.1) is 11.8 Å². The Bertz CT molecular complexity index is 1130. The van der Waals surface area contributed by atoms with Crippen molar-refractivity contribution in [2.45, 2.75) is 24.4 Å². The molecule has 0 bridgehead atoms. The van der Waals surface area contributed by atoms with Gasteiger partial charge in [0.05, 0.1) is 17.5 Å². The monoisotopic (exact) mass is 439 g/mol. The number of nitrogens with zero attached hydrogens (tertiary/aromatic N) is 1. The van der Waals surface area contributed by atoms with Gasteiger partial charge in [0.1, 0.15) is 5.54 Å². The smallest absolute Gasteiger partial charge is 0.303 e. The van der Waals surface area contributed by atoms with E-state index in [1.165, 1.54) is 0 Å². The van der Waals surface area contributed by atoms with E-state index in [1.807, 2.05) is 0 Å². The topological polar surface area (TPSA) is 116 Å². The molecule has 2 aromatic rings. The Morgan fingerprint density at radius 3 is 2.48 bits per heavy atom. The van der Waals surface area contributed by atoms with Crippen molar-refractivity contribution in [2.75, 3.05) is 10.2 Å². The number of rotatable bonds is 4. The lowest BCUT2D eigenvalue weighted by Crippen LogP contribution is -2.53. The standard InChI is InChI=1S/C22H18ClN3O5/c23-11-5-7-12(8-6-11)26-19(29)17-15(9-10-16(27)28)25-22(18(17)20(26)30)13-3-1-2-4-14(13)24-21(22)31/h1-8,15,17-18,25H,9-10H2,(H,24,31)(H,27,28). The number of benzene rings is 2. The third-order valence-electron chi connectivity index (χ3n) is 6.38. The summed E-state index contributed by atoms with van der Waals surface area (Å²) in [5.74, 6) is -4.22. The molecule has 2 saturated heterocycles. The van der Waals surface area contributed by atoms with Gasteiger partial charge in [0.25, 0.3) is 0 Å². The predicted molar refractivity (Wildman–Crippen MR) is 111 cm³/mol. The first kappa shape index (κ1) is 19.7. The van der Waals surface area contributed by atoms with Crippen molar-refractivity contribution < 1.29 is 24.3 Å². The van der Waals surface area contributed by atoms with Gasteiger partial charge in [-0.1, -0.05) is 29.8 Å². The van der Waals surface area contributed by atoms with E-state index in [9.17, 15) is 24.3 Å². The number of para-hydroxylation sites is 1. The average Bonchev–Trinajstić information content (AvgIpc) is 3.32. The van der Waals surface area contributed by atoms with E-state index < -0.39 is 47.1 Å². The zero-order chi connectivity index (χ0) is 21.9. The van der Waals surface area contributed by atoms with Crippen molar-refractivity contribution in [1.82, 2.24) is 5.32 Å². The molecule has 3 heterocycles. The highest BCUT2D eigenvalue weighted by atomic mass is 35.5. The maximum absolute atomic E-state index is 13.6. The number of nitrogens with one attached hydrogen (secondary N) is 2. The molecule has 8 nitrogen and oxygen atoms in total. The minimum atomic E-state index is -1.43. The molecule has 0 saturated carbocycles. The molecular weight excluding hydrogens is 422 g/mol. The summed E-state index contributed by atoms with van der Waals surface area (Å²) in [6.45, 7) is 0. The molecule has 31 heavy (non-hydrogen) atoms. The van der Waals surface area contributed by atoms with Crippen LogP contribution in [-0.2, 0) is 24.7 Å². The fraction of sp³-hybridized carbons (Fsp3) is 0.273. The number of halogens is 1. The zero-order valence-corrected chi connectivity index (χ0v) is 16.9. The molecule has 3 aliphatic rings. The van der Waals surface area contributed by atoms with E-state index >= 15 is 0 Å². The second-order valence-electron chi connectivity index (χ2n) is 7.98. The predicted octanol–water partition coefficient (Wildman–Crippen LogP) is 2.13. The Morgan fingerprint density at radius 2 is 1.77 bits per heavy atom. The Labute approximate surface area is 182 Å². The summed E-state index contributed by atoms with van der Waals surface area (Å²) in [5.41, 5.74) is 0.0978. The molecule has 3 N–H and O–H groups in total. The maximum Gasteiger partial charge on any atom is 0.303 e. The minimum Gasteiger partial charge on any atom is -0.481 e. The number of amides is 3. The van der Waals surface area contributed by atoms with E-state index in [0.29, 0.717) is 22.0 Å². The van der Waals surface area contributed by atoms with Gasteiger partial charge in [-0.05, 0) is 36.8 Å². The molecule has 2 aromatic carbocycles. The van der Waals surface area contributed by atoms with Crippen molar-refractivity contribution in [3.05, 3.63) is 59.1 Å². The van der Waals surface area contributed by atoms with Gasteiger partial charge in [0.15, 0.2) is 0 Å². The summed E-state index contributed by atoms with van der Waals surface area (Å²) < 4.78 is 0. The van der Waals surface area contributed by atoms with Crippen LogP contribution in [0.1, 0.15) is 18.4 Å². The van der Waals surface area contributed by atoms with Crippen LogP contribution in [0.4, 0.5) is 11.4 Å². The number of carboxylic acid groups (broad SMARTS) is 1. The van der Waals surface area contributed by atoms with Crippen LogP contribution in [0.3, 0.4) is 0 Å². The number of carbonyl (C=O) groups excluding carboxylic acids is 3. The van der Waals surface area contributed by atoms with Gasteiger partial charge < -0.3 is 10.4 Å². The van der Waals surface area contributed by atoms with Crippen LogP contribution >= 0.6 is 11.6 Å². The van der Waals surface area contributed by atoms with Crippen LogP contribution in [0.2, 0.25) is 5.02 Å². The Balaban J connectivity index is 1.64. The lowest BCUT2D eigenvalue weighted by Gasteiger charge is -2.29. The lowest BCUT2D eigenvalue weighted by atomic mass is 9.76. The molecule has 3 amide bonds. The highest BCUT2D eigenvalue weighted by Gasteiger charge is 2.70. The molecular formula is C22H18ClN3O5. The van der Waals surface area contributed by atoms with Gasteiger partial charge in [-0.25, -0.2) is 4.90 Å². The molecule has 1 spiro atoms. The average molecular weight is 440 g/mol. The van der Waals surface area contributed by atoms with E-state index in [2.05, 4.69) is 10.6 Å². The van der Waals surface area contributed by atoms with Crippen molar-refractivity contribution >= 4 is 46.7 Å². The van der Waals surface area contributed by atoms with E-state index in [1.54, 1.807) is 48.5 Å². The largest absolute Gasteiger partial charge is 0.481 e. The number of carboxylic acids is 1. The molecule has 3 aliphatic heterocycles. The molecule has 158 valence electrons. The Morgan fingerprint density at radius 1 is 1.06 bits per heavy atom. The summed E-state index contributed by atoms with van der Waals surface area (Å²) >= 11 is 5.95. The molecule has 0 radical (unpaired) electrons. The van der Waals surface area contributed by atoms with Crippen molar-refractivity contribution in [2.24, 2.45) is 11.8 Å². The fourth-order valence-corrected chi connectivity index (χ4v) is 5.26. The van der Waals surface area contributed by atoms with Gasteiger partial charge >= 0.3 is 5.97 Å². The van der Waals surface area contributed by atoms with Crippen LogP contribution in [0.25, 0.3) is 0 Å². The number of anilines is 2. The molecule has 2 fully saturated rings. The minimum absolute atomic E-state index is 0.112. The van der Waals surface area contributed by atoms with Gasteiger partial charge in [0.2, 0.25) is 17.7 Å². The summed E-state index contributed by atoms with van der Waals surface area (Å²) in [6, 6.07) is 12.7. The highest BCUT2D eigenvalue weighted by molar-refractivity contribution is 6.31. The summed E-state index contributed by atoms with van der Waals surface area (Å²) in [4.78, 5) is 52.6.